The minimum absolute atomic E-state index is 0.0507. The molecule has 1 aliphatic heterocycles. The van der Waals surface area contributed by atoms with Gasteiger partial charge in [-0.25, -0.2) is 4.79 Å². The molecule has 1 aromatic heterocycles. The van der Waals surface area contributed by atoms with Crippen LogP contribution in [-0.4, -0.2) is 28.1 Å². The molecule has 2 rings (SSSR count). The topological polar surface area (TPSA) is 42.4 Å². The van der Waals surface area contributed by atoms with E-state index in [-0.39, 0.29) is 12.1 Å². The summed E-state index contributed by atoms with van der Waals surface area (Å²) in [5.41, 5.74) is 1.49. The van der Waals surface area contributed by atoms with Crippen molar-refractivity contribution in [2.45, 2.75) is 52.2 Å². The fraction of sp³-hybridized carbons (Fsp3) is 0.600. The first-order valence-electron chi connectivity index (χ1n) is 6.80. The zero-order valence-electron chi connectivity index (χ0n) is 12.1. The normalized spacial score (nSPS) is 19.6. The Morgan fingerprint density at radius 1 is 1.42 bits per heavy atom. The molecule has 2 heterocycles. The Bertz CT molecular complexity index is 465. The van der Waals surface area contributed by atoms with Crippen molar-refractivity contribution in [3.63, 3.8) is 0 Å². The zero-order chi connectivity index (χ0) is 14.0. The van der Waals surface area contributed by atoms with Crippen LogP contribution in [0.5, 0.6) is 0 Å². The summed E-state index contributed by atoms with van der Waals surface area (Å²) in [5, 5.41) is 0. The van der Waals surface area contributed by atoms with Gasteiger partial charge in [-0.3, -0.25) is 9.88 Å². The third kappa shape index (κ3) is 3.46. The van der Waals surface area contributed by atoms with E-state index in [0.29, 0.717) is 0 Å². The van der Waals surface area contributed by atoms with Crippen LogP contribution in [0.1, 0.15) is 51.0 Å². The summed E-state index contributed by atoms with van der Waals surface area (Å²) in [6.45, 7) is 8.38. The fourth-order valence-corrected chi connectivity index (χ4v) is 2.36. The van der Waals surface area contributed by atoms with Gasteiger partial charge in [0.1, 0.15) is 5.60 Å². The van der Waals surface area contributed by atoms with E-state index in [0.717, 1.165) is 30.8 Å². The Labute approximate surface area is 114 Å². The molecule has 0 unspecified atom stereocenters. The predicted octanol–water partition coefficient (Wildman–Crippen LogP) is 3.46. The monoisotopic (exact) mass is 262 g/mol. The molecule has 0 spiro atoms. The number of likely N-dealkylation sites (tertiary alicyclic amines) is 1. The largest absolute Gasteiger partial charge is 0.444 e. The minimum Gasteiger partial charge on any atom is -0.444 e. The van der Waals surface area contributed by atoms with E-state index in [1.807, 2.05) is 45.9 Å². The smallest absolute Gasteiger partial charge is 0.410 e. The first-order chi connectivity index (χ1) is 8.87. The van der Waals surface area contributed by atoms with Gasteiger partial charge < -0.3 is 4.74 Å². The second-order valence-electron chi connectivity index (χ2n) is 6.04. The standard InChI is InChI=1S/C15H22N2O2/c1-11-7-5-8-12(16-11)13-9-6-10-17(13)14(18)19-15(2,3)4/h5,7-8,13H,6,9-10H2,1-4H3/t13-/m1/s1. The SMILES string of the molecule is Cc1cccc([C@H]2CCCN2C(=O)OC(C)(C)C)n1. The van der Waals surface area contributed by atoms with E-state index in [2.05, 4.69) is 4.98 Å². The molecule has 0 aliphatic carbocycles. The molecule has 0 radical (unpaired) electrons. The molecule has 0 aromatic carbocycles. The highest BCUT2D eigenvalue weighted by atomic mass is 16.6. The van der Waals surface area contributed by atoms with E-state index in [1.54, 1.807) is 4.90 Å². The second kappa shape index (κ2) is 5.19. The van der Waals surface area contributed by atoms with Crippen LogP contribution in [0.2, 0.25) is 0 Å². The summed E-state index contributed by atoms with van der Waals surface area (Å²) in [4.78, 5) is 18.5. The van der Waals surface area contributed by atoms with Gasteiger partial charge in [0.25, 0.3) is 0 Å². The second-order valence-corrected chi connectivity index (χ2v) is 6.04. The molecule has 1 aliphatic rings. The fourth-order valence-electron chi connectivity index (χ4n) is 2.36. The number of nitrogens with zero attached hydrogens (tertiary/aromatic N) is 2. The quantitative estimate of drug-likeness (QED) is 0.778. The van der Waals surface area contributed by atoms with Crippen molar-refractivity contribution in [2.24, 2.45) is 0 Å². The summed E-state index contributed by atoms with van der Waals surface area (Å²) < 4.78 is 5.46. The number of amides is 1. The highest BCUT2D eigenvalue weighted by Gasteiger charge is 2.33. The molecule has 1 fully saturated rings. The molecule has 104 valence electrons. The number of carbonyl (C=O) groups excluding carboxylic acids is 1. The lowest BCUT2D eigenvalue weighted by molar-refractivity contribution is 0.0221. The Balaban J connectivity index is 2.15. The van der Waals surface area contributed by atoms with Crippen LogP contribution >= 0.6 is 0 Å². The number of aromatic nitrogens is 1. The van der Waals surface area contributed by atoms with E-state index < -0.39 is 5.60 Å². The number of carbonyl (C=O) groups is 1. The van der Waals surface area contributed by atoms with Gasteiger partial charge in [-0.15, -0.1) is 0 Å². The molecule has 4 nitrogen and oxygen atoms in total. The highest BCUT2D eigenvalue weighted by Crippen LogP contribution is 2.32. The van der Waals surface area contributed by atoms with Crippen molar-refractivity contribution in [3.8, 4) is 0 Å². The van der Waals surface area contributed by atoms with Crippen LogP contribution in [-0.2, 0) is 4.74 Å². The predicted molar refractivity (Wildman–Crippen MR) is 73.9 cm³/mol. The van der Waals surface area contributed by atoms with Gasteiger partial charge >= 0.3 is 6.09 Å². The lowest BCUT2D eigenvalue weighted by Crippen LogP contribution is -2.36. The average molecular weight is 262 g/mol. The summed E-state index contributed by atoms with van der Waals surface area (Å²) in [7, 11) is 0. The summed E-state index contributed by atoms with van der Waals surface area (Å²) in [5.74, 6) is 0. The Kier molecular flexibility index (Phi) is 3.78. The van der Waals surface area contributed by atoms with Gasteiger partial charge in [0, 0.05) is 12.2 Å². The van der Waals surface area contributed by atoms with Gasteiger partial charge in [-0.05, 0) is 52.7 Å². The van der Waals surface area contributed by atoms with Crippen LogP contribution in [0.25, 0.3) is 0 Å². The lowest BCUT2D eigenvalue weighted by Gasteiger charge is -2.28. The average Bonchev–Trinajstić information content (AvgIpc) is 2.75. The van der Waals surface area contributed by atoms with Crippen LogP contribution in [0, 0.1) is 6.92 Å². The third-order valence-corrected chi connectivity index (χ3v) is 3.13. The Hall–Kier alpha value is -1.58. The number of hydrogen-bond acceptors (Lipinski definition) is 3. The van der Waals surface area contributed by atoms with Crippen molar-refractivity contribution in [2.75, 3.05) is 6.54 Å². The number of rotatable bonds is 1. The third-order valence-electron chi connectivity index (χ3n) is 3.13. The van der Waals surface area contributed by atoms with Crippen molar-refractivity contribution in [1.82, 2.24) is 9.88 Å². The maximum Gasteiger partial charge on any atom is 0.410 e. The van der Waals surface area contributed by atoms with Crippen molar-refractivity contribution in [1.29, 1.82) is 0 Å². The van der Waals surface area contributed by atoms with Gasteiger partial charge in [-0.2, -0.15) is 0 Å². The van der Waals surface area contributed by atoms with Crippen molar-refractivity contribution >= 4 is 6.09 Å². The molecule has 0 N–H and O–H groups in total. The van der Waals surface area contributed by atoms with Gasteiger partial charge in [0.2, 0.25) is 0 Å². The van der Waals surface area contributed by atoms with Crippen molar-refractivity contribution in [3.05, 3.63) is 29.6 Å². The van der Waals surface area contributed by atoms with Crippen molar-refractivity contribution < 1.29 is 9.53 Å². The maximum absolute atomic E-state index is 12.2. The van der Waals surface area contributed by atoms with E-state index >= 15 is 0 Å². The summed E-state index contributed by atoms with van der Waals surface area (Å²) in [6, 6.07) is 6.00. The van der Waals surface area contributed by atoms with Gasteiger partial charge in [0.05, 0.1) is 11.7 Å². The molecular weight excluding hydrogens is 240 g/mol. The summed E-state index contributed by atoms with van der Waals surface area (Å²) >= 11 is 0. The van der Waals surface area contributed by atoms with Crippen LogP contribution in [0.15, 0.2) is 18.2 Å². The summed E-state index contributed by atoms with van der Waals surface area (Å²) in [6.07, 6.45) is 1.72. The van der Waals surface area contributed by atoms with E-state index in [4.69, 9.17) is 4.74 Å². The molecule has 4 heteroatoms. The highest BCUT2D eigenvalue weighted by molar-refractivity contribution is 5.69. The minimum atomic E-state index is -0.454. The molecular formula is C15H22N2O2. The molecule has 1 saturated heterocycles. The van der Waals surface area contributed by atoms with E-state index in [9.17, 15) is 4.79 Å². The molecule has 0 saturated carbocycles. The van der Waals surface area contributed by atoms with Gasteiger partial charge in [0.15, 0.2) is 0 Å². The number of aryl methyl sites for hydroxylation is 1. The van der Waals surface area contributed by atoms with Crippen LogP contribution in [0.4, 0.5) is 4.79 Å². The maximum atomic E-state index is 12.2. The molecule has 1 atom stereocenters. The molecule has 1 aromatic rings. The first-order valence-corrected chi connectivity index (χ1v) is 6.80. The first kappa shape index (κ1) is 13.8. The Morgan fingerprint density at radius 2 is 2.16 bits per heavy atom. The van der Waals surface area contributed by atoms with E-state index in [1.165, 1.54) is 0 Å². The van der Waals surface area contributed by atoms with Crippen LogP contribution < -0.4 is 0 Å². The molecule has 19 heavy (non-hydrogen) atoms. The van der Waals surface area contributed by atoms with Crippen LogP contribution in [0.3, 0.4) is 0 Å². The molecule has 0 bridgehead atoms. The zero-order valence-corrected chi connectivity index (χ0v) is 12.1. The number of hydrogen-bond donors (Lipinski definition) is 0. The number of pyridine rings is 1. The lowest BCUT2D eigenvalue weighted by atomic mass is 10.1. The Morgan fingerprint density at radius 3 is 2.79 bits per heavy atom. The van der Waals surface area contributed by atoms with Gasteiger partial charge in [-0.1, -0.05) is 6.07 Å². The molecule has 1 amide bonds. The number of ether oxygens (including phenoxy) is 1.